The maximum atomic E-state index is 11.1. The lowest BCUT2D eigenvalue weighted by Gasteiger charge is -2.27. The highest BCUT2D eigenvalue weighted by Gasteiger charge is 2.26. The van der Waals surface area contributed by atoms with Crippen molar-refractivity contribution in [1.29, 1.82) is 0 Å². The minimum atomic E-state index is -0.765. The standard InChI is InChI=1S/C34H42N2O3/c1-23-12-13-24(2)36(23)17-7-19-39-33-11-6-10-32(26(33)4)31-9-5-8-30(25(31)3)28-14-15-29-21-35(22-34(37)38)18-16-27(29)20-28/h5-6,8-11,14-15,20,23-24H,7,12-13,16-19,21-22H2,1-4H3,(H,37,38)/t23-,24-/m1/s1. The summed E-state index contributed by atoms with van der Waals surface area (Å²) in [5, 5.41) is 9.15. The molecule has 0 bridgehead atoms. The highest BCUT2D eigenvalue weighted by molar-refractivity contribution is 5.81. The Kier molecular flexibility index (Phi) is 8.39. The van der Waals surface area contributed by atoms with E-state index < -0.39 is 5.97 Å². The lowest BCUT2D eigenvalue weighted by molar-refractivity contribution is -0.138. The molecular weight excluding hydrogens is 484 g/mol. The summed E-state index contributed by atoms with van der Waals surface area (Å²) >= 11 is 0. The van der Waals surface area contributed by atoms with Crippen LogP contribution in [0.15, 0.2) is 54.6 Å². The van der Waals surface area contributed by atoms with E-state index in [1.807, 2.05) is 4.90 Å². The van der Waals surface area contributed by atoms with Gasteiger partial charge >= 0.3 is 5.97 Å². The number of aliphatic carboxylic acids is 1. The fourth-order valence-electron chi connectivity index (χ4n) is 6.53. The number of carboxylic acids is 1. The zero-order valence-electron chi connectivity index (χ0n) is 23.9. The van der Waals surface area contributed by atoms with Crippen molar-refractivity contribution in [3.8, 4) is 28.0 Å². The second-order valence-electron chi connectivity index (χ2n) is 11.5. The fourth-order valence-corrected chi connectivity index (χ4v) is 6.53. The molecular formula is C34H42N2O3. The van der Waals surface area contributed by atoms with Crippen LogP contribution in [0.3, 0.4) is 0 Å². The number of carboxylic acid groups (broad SMARTS) is 1. The zero-order chi connectivity index (χ0) is 27.5. The third-order valence-corrected chi connectivity index (χ3v) is 8.83. The van der Waals surface area contributed by atoms with Gasteiger partial charge in [0.05, 0.1) is 13.2 Å². The molecule has 206 valence electrons. The van der Waals surface area contributed by atoms with Gasteiger partial charge in [0.2, 0.25) is 0 Å². The molecule has 0 aromatic heterocycles. The summed E-state index contributed by atoms with van der Waals surface area (Å²) < 4.78 is 6.31. The van der Waals surface area contributed by atoms with E-state index in [9.17, 15) is 4.79 Å². The molecule has 5 rings (SSSR count). The lowest BCUT2D eigenvalue weighted by atomic mass is 9.88. The van der Waals surface area contributed by atoms with Gasteiger partial charge in [0.1, 0.15) is 5.75 Å². The maximum absolute atomic E-state index is 11.1. The Morgan fingerprint density at radius 1 is 0.923 bits per heavy atom. The monoisotopic (exact) mass is 526 g/mol. The first-order valence-electron chi connectivity index (χ1n) is 14.5. The van der Waals surface area contributed by atoms with E-state index in [2.05, 4.69) is 87.2 Å². The van der Waals surface area contributed by atoms with Crippen molar-refractivity contribution in [1.82, 2.24) is 9.80 Å². The third-order valence-electron chi connectivity index (χ3n) is 8.83. The summed E-state index contributed by atoms with van der Waals surface area (Å²) in [6.45, 7) is 12.5. The van der Waals surface area contributed by atoms with Gasteiger partial charge in [0, 0.05) is 31.7 Å². The van der Waals surface area contributed by atoms with E-state index >= 15 is 0 Å². The van der Waals surface area contributed by atoms with Gasteiger partial charge in [0.25, 0.3) is 0 Å². The molecule has 5 heteroatoms. The van der Waals surface area contributed by atoms with Crippen LogP contribution in [0, 0.1) is 13.8 Å². The molecule has 39 heavy (non-hydrogen) atoms. The predicted molar refractivity (Wildman–Crippen MR) is 158 cm³/mol. The number of likely N-dealkylation sites (tertiary alicyclic amines) is 1. The quantitative estimate of drug-likeness (QED) is 0.314. The molecule has 2 atom stereocenters. The molecule has 5 nitrogen and oxygen atoms in total. The number of fused-ring (bicyclic) bond motifs is 1. The summed E-state index contributed by atoms with van der Waals surface area (Å²) in [5.74, 6) is 0.207. The molecule has 0 unspecified atom stereocenters. The van der Waals surface area contributed by atoms with E-state index in [4.69, 9.17) is 9.84 Å². The maximum Gasteiger partial charge on any atom is 0.317 e. The smallest absolute Gasteiger partial charge is 0.317 e. The molecule has 0 radical (unpaired) electrons. The Morgan fingerprint density at radius 2 is 1.62 bits per heavy atom. The van der Waals surface area contributed by atoms with Gasteiger partial charge in [-0.3, -0.25) is 14.6 Å². The van der Waals surface area contributed by atoms with Crippen LogP contribution in [0.25, 0.3) is 22.3 Å². The van der Waals surface area contributed by atoms with Gasteiger partial charge in [0.15, 0.2) is 0 Å². The summed E-state index contributed by atoms with van der Waals surface area (Å²) in [6.07, 6.45) is 4.53. The van der Waals surface area contributed by atoms with Gasteiger partial charge < -0.3 is 9.84 Å². The second kappa shape index (κ2) is 11.9. The molecule has 2 aliphatic rings. The Hall–Kier alpha value is -3.15. The van der Waals surface area contributed by atoms with Gasteiger partial charge in [-0.05, 0) is 104 Å². The fraction of sp³-hybridized carbons (Fsp3) is 0.441. The molecule has 0 aliphatic carbocycles. The van der Waals surface area contributed by atoms with Crippen LogP contribution in [0.2, 0.25) is 0 Å². The normalized spacial score (nSPS) is 19.7. The number of rotatable bonds is 9. The topological polar surface area (TPSA) is 53.0 Å². The third kappa shape index (κ3) is 6.05. The molecule has 0 saturated carbocycles. The minimum absolute atomic E-state index is 0.0985. The van der Waals surface area contributed by atoms with E-state index in [1.165, 1.54) is 57.3 Å². The SMILES string of the molecule is Cc1c(OCCCN2[C@H](C)CC[C@H]2C)cccc1-c1cccc(-c2ccc3c(c2)CCN(CC(=O)O)C3)c1C. The molecule has 2 aliphatic heterocycles. The van der Waals surface area contributed by atoms with Crippen LogP contribution in [0.5, 0.6) is 5.75 Å². The largest absolute Gasteiger partial charge is 0.493 e. The van der Waals surface area contributed by atoms with Crippen LogP contribution in [-0.4, -0.2) is 59.2 Å². The van der Waals surface area contributed by atoms with Crippen LogP contribution in [0.1, 0.15) is 55.4 Å². The lowest BCUT2D eigenvalue weighted by Crippen LogP contribution is -2.34. The van der Waals surface area contributed by atoms with Crippen molar-refractivity contribution in [2.24, 2.45) is 0 Å². The van der Waals surface area contributed by atoms with Crippen molar-refractivity contribution in [3.05, 3.63) is 76.9 Å². The predicted octanol–water partition coefficient (Wildman–Crippen LogP) is 6.72. The highest BCUT2D eigenvalue weighted by atomic mass is 16.5. The minimum Gasteiger partial charge on any atom is -0.493 e. The summed E-state index contributed by atoms with van der Waals surface area (Å²) in [6, 6.07) is 21.0. The van der Waals surface area contributed by atoms with Crippen molar-refractivity contribution in [2.75, 3.05) is 26.2 Å². The molecule has 2 heterocycles. The van der Waals surface area contributed by atoms with E-state index in [0.717, 1.165) is 38.3 Å². The number of carbonyl (C=O) groups is 1. The zero-order valence-corrected chi connectivity index (χ0v) is 23.9. The Balaban J connectivity index is 1.31. The molecule has 3 aromatic carbocycles. The first kappa shape index (κ1) is 27.4. The van der Waals surface area contributed by atoms with E-state index in [-0.39, 0.29) is 6.54 Å². The Morgan fingerprint density at radius 3 is 2.36 bits per heavy atom. The molecule has 0 amide bonds. The highest BCUT2D eigenvalue weighted by Crippen LogP contribution is 2.37. The molecule has 3 aromatic rings. The molecule has 0 spiro atoms. The van der Waals surface area contributed by atoms with Crippen molar-refractivity contribution in [2.45, 2.75) is 72.0 Å². The second-order valence-corrected chi connectivity index (χ2v) is 11.5. The first-order chi connectivity index (χ1) is 18.8. The van der Waals surface area contributed by atoms with E-state index in [1.54, 1.807) is 0 Å². The number of benzene rings is 3. The number of hydrogen-bond acceptors (Lipinski definition) is 4. The summed E-state index contributed by atoms with van der Waals surface area (Å²) in [4.78, 5) is 15.8. The number of ether oxygens (including phenoxy) is 1. The summed E-state index contributed by atoms with van der Waals surface area (Å²) in [7, 11) is 0. The average Bonchev–Trinajstić information content (AvgIpc) is 3.24. The first-order valence-corrected chi connectivity index (χ1v) is 14.5. The molecule has 1 saturated heterocycles. The van der Waals surface area contributed by atoms with Crippen molar-refractivity contribution in [3.63, 3.8) is 0 Å². The van der Waals surface area contributed by atoms with Gasteiger partial charge in [-0.1, -0.05) is 48.5 Å². The number of nitrogens with zero attached hydrogens (tertiary/aromatic N) is 2. The van der Waals surface area contributed by atoms with E-state index in [0.29, 0.717) is 18.6 Å². The van der Waals surface area contributed by atoms with Crippen molar-refractivity contribution >= 4 is 5.97 Å². The van der Waals surface area contributed by atoms with Crippen LogP contribution in [-0.2, 0) is 17.8 Å². The molecule has 1 fully saturated rings. The molecule has 1 N–H and O–H groups in total. The Labute approximate surface area is 233 Å². The Bertz CT molecular complexity index is 1320. The van der Waals surface area contributed by atoms with Gasteiger partial charge in [-0.25, -0.2) is 0 Å². The van der Waals surface area contributed by atoms with Gasteiger partial charge in [-0.15, -0.1) is 0 Å². The van der Waals surface area contributed by atoms with Crippen LogP contribution < -0.4 is 4.74 Å². The number of hydrogen-bond donors (Lipinski definition) is 1. The van der Waals surface area contributed by atoms with Gasteiger partial charge in [-0.2, -0.15) is 0 Å². The van der Waals surface area contributed by atoms with Crippen molar-refractivity contribution < 1.29 is 14.6 Å². The van der Waals surface area contributed by atoms with Crippen LogP contribution in [0.4, 0.5) is 0 Å². The summed E-state index contributed by atoms with van der Waals surface area (Å²) in [5.41, 5.74) is 9.91. The average molecular weight is 527 g/mol. The van der Waals surface area contributed by atoms with Crippen LogP contribution >= 0.6 is 0 Å².